The Kier molecular flexibility index (Phi) is 4.20. The zero-order valence-electron chi connectivity index (χ0n) is 10.8. The topological polar surface area (TPSA) is 58.5 Å². The van der Waals surface area contributed by atoms with Gasteiger partial charge in [0.05, 0.1) is 11.1 Å². The van der Waals surface area contributed by atoms with Crippen LogP contribution in [-0.4, -0.2) is 5.91 Å². The molecule has 2 rings (SSSR count). The first-order valence-corrected chi connectivity index (χ1v) is 5.93. The third-order valence-electron chi connectivity index (χ3n) is 2.76. The number of carbonyl (C=O) groups is 1. The standard InChI is InChI=1S/C14H8F4N2O2/c15-8-1-3-9(4-2-8)19-13(21)11-7-10(20-22)5-6-12(11)14(16,17)18/h1-7H,(H,19,21). The molecule has 1 N–H and O–H groups in total. The van der Waals surface area contributed by atoms with Crippen molar-refractivity contribution in [3.05, 3.63) is 64.3 Å². The molecule has 0 unspecified atom stereocenters. The lowest BCUT2D eigenvalue weighted by atomic mass is 10.1. The Hall–Kier alpha value is -2.77. The molecule has 2 aromatic carbocycles. The van der Waals surface area contributed by atoms with E-state index >= 15 is 0 Å². The van der Waals surface area contributed by atoms with Crippen molar-refractivity contribution in [1.29, 1.82) is 0 Å². The number of amides is 1. The van der Waals surface area contributed by atoms with Gasteiger partial charge in [0, 0.05) is 5.69 Å². The monoisotopic (exact) mass is 312 g/mol. The van der Waals surface area contributed by atoms with Crippen molar-refractivity contribution in [2.75, 3.05) is 5.32 Å². The summed E-state index contributed by atoms with van der Waals surface area (Å²) in [5.74, 6) is -1.63. The summed E-state index contributed by atoms with van der Waals surface area (Å²) in [6.45, 7) is 0. The second-order valence-electron chi connectivity index (χ2n) is 4.28. The Bertz CT molecular complexity index is 712. The fourth-order valence-electron chi connectivity index (χ4n) is 1.76. The predicted molar refractivity (Wildman–Crippen MR) is 71.3 cm³/mol. The lowest BCUT2D eigenvalue weighted by molar-refractivity contribution is -0.137. The molecule has 2 aromatic rings. The molecule has 22 heavy (non-hydrogen) atoms. The average molecular weight is 312 g/mol. The molecule has 0 aliphatic heterocycles. The zero-order chi connectivity index (χ0) is 16.3. The highest BCUT2D eigenvalue weighted by Gasteiger charge is 2.35. The van der Waals surface area contributed by atoms with Crippen molar-refractivity contribution in [2.45, 2.75) is 6.18 Å². The van der Waals surface area contributed by atoms with Gasteiger partial charge in [0.1, 0.15) is 11.5 Å². The molecule has 1 amide bonds. The van der Waals surface area contributed by atoms with Gasteiger partial charge < -0.3 is 5.32 Å². The van der Waals surface area contributed by atoms with Crippen LogP contribution in [0.25, 0.3) is 0 Å². The van der Waals surface area contributed by atoms with Crippen molar-refractivity contribution < 1.29 is 22.4 Å². The minimum absolute atomic E-state index is 0.115. The van der Waals surface area contributed by atoms with Gasteiger partial charge in [-0.15, -0.1) is 4.91 Å². The van der Waals surface area contributed by atoms with Gasteiger partial charge in [-0.1, -0.05) is 0 Å². The van der Waals surface area contributed by atoms with Crippen molar-refractivity contribution in [1.82, 2.24) is 0 Å². The van der Waals surface area contributed by atoms with Crippen LogP contribution in [0.1, 0.15) is 15.9 Å². The number of benzene rings is 2. The van der Waals surface area contributed by atoms with Crippen LogP contribution in [0.3, 0.4) is 0 Å². The molecule has 4 nitrogen and oxygen atoms in total. The number of halogens is 4. The van der Waals surface area contributed by atoms with Gasteiger partial charge in [-0.3, -0.25) is 4.79 Å². The van der Waals surface area contributed by atoms with Gasteiger partial charge in [-0.05, 0) is 47.6 Å². The highest BCUT2D eigenvalue weighted by molar-refractivity contribution is 6.06. The smallest absolute Gasteiger partial charge is 0.322 e. The summed E-state index contributed by atoms with van der Waals surface area (Å²) in [6.07, 6.45) is -4.77. The number of hydrogen-bond donors (Lipinski definition) is 1. The van der Waals surface area contributed by atoms with E-state index in [2.05, 4.69) is 10.5 Å². The van der Waals surface area contributed by atoms with Crippen LogP contribution in [-0.2, 0) is 6.18 Å². The van der Waals surface area contributed by atoms with Crippen LogP contribution < -0.4 is 5.32 Å². The maximum Gasteiger partial charge on any atom is 0.417 e. The molecule has 0 saturated heterocycles. The summed E-state index contributed by atoms with van der Waals surface area (Å²) < 4.78 is 51.5. The molecule has 0 bridgehead atoms. The molecular weight excluding hydrogens is 304 g/mol. The number of rotatable bonds is 3. The Labute approximate surface area is 121 Å². The molecule has 0 aliphatic carbocycles. The SMILES string of the molecule is O=Nc1ccc(C(F)(F)F)c(C(=O)Nc2ccc(F)cc2)c1. The summed E-state index contributed by atoms with van der Waals surface area (Å²) >= 11 is 0. The molecule has 0 atom stereocenters. The number of anilines is 1. The van der Waals surface area contributed by atoms with Gasteiger partial charge in [0.2, 0.25) is 0 Å². The molecule has 8 heteroatoms. The van der Waals surface area contributed by atoms with E-state index in [0.717, 1.165) is 24.3 Å². The normalized spacial score (nSPS) is 11.1. The quantitative estimate of drug-likeness (QED) is 0.670. The van der Waals surface area contributed by atoms with E-state index in [1.807, 2.05) is 0 Å². The van der Waals surface area contributed by atoms with Gasteiger partial charge in [-0.25, -0.2) is 4.39 Å². The molecule has 0 heterocycles. The van der Waals surface area contributed by atoms with Crippen LogP contribution in [0.15, 0.2) is 47.6 Å². The minimum atomic E-state index is -4.77. The highest BCUT2D eigenvalue weighted by Crippen LogP contribution is 2.34. The van der Waals surface area contributed by atoms with Crippen LogP contribution in [0, 0.1) is 10.7 Å². The van der Waals surface area contributed by atoms with E-state index in [4.69, 9.17) is 0 Å². The lowest BCUT2D eigenvalue weighted by Gasteiger charge is -2.13. The number of carbonyl (C=O) groups excluding carboxylic acids is 1. The number of nitrogens with zero attached hydrogens (tertiary/aromatic N) is 1. The summed E-state index contributed by atoms with van der Waals surface area (Å²) in [5.41, 5.74) is -2.13. The minimum Gasteiger partial charge on any atom is -0.322 e. The van der Waals surface area contributed by atoms with E-state index in [1.165, 1.54) is 12.1 Å². The van der Waals surface area contributed by atoms with Gasteiger partial charge in [0.25, 0.3) is 5.91 Å². The first-order chi connectivity index (χ1) is 10.3. The fraction of sp³-hybridized carbons (Fsp3) is 0.0714. The zero-order valence-corrected chi connectivity index (χ0v) is 10.8. The second-order valence-corrected chi connectivity index (χ2v) is 4.28. The Balaban J connectivity index is 2.38. The number of alkyl halides is 3. The Morgan fingerprint density at radius 3 is 2.23 bits per heavy atom. The molecule has 114 valence electrons. The fourth-order valence-corrected chi connectivity index (χ4v) is 1.76. The first kappa shape index (κ1) is 15.6. The summed E-state index contributed by atoms with van der Waals surface area (Å²) in [6, 6.07) is 6.70. The average Bonchev–Trinajstić information content (AvgIpc) is 2.48. The number of nitroso groups, excluding NO2 is 1. The van der Waals surface area contributed by atoms with Crippen LogP contribution >= 0.6 is 0 Å². The van der Waals surface area contributed by atoms with Crippen LogP contribution in [0.4, 0.5) is 28.9 Å². The molecule has 0 aromatic heterocycles. The van der Waals surface area contributed by atoms with Crippen molar-refractivity contribution >= 4 is 17.3 Å². The van der Waals surface area contributed by atoms with Crippen molar-refractivity contribution in [3.63, 3.8) is 0 Å². The van der Waals surface area contributed by atoms with E-state index in [9.17, 15) is 27.3 Å². The third kappa shape index (κ3) is 3.46. The maximum atomic E-state index is 12.9. The third-order valence-corrected chi connectivity index (χ3v) is 2.76. The number of hydrogen-bond acceptors (Lipinski definition) is 3. The van der Waals surface area contributed by atoms with Crippen LogP contribution in [0.2, 0.25) is 0 Å². The van der Waals surface area contributed by atoms with E-state index in [-0.39, 0.29) is 11.4 Å². The molecular formula is C14H8F4N2O2. The molecule has 0 radical (unpaired) electrons. The highest BCUT2D eigenvalue weighted by atomic mass is 19.4. The molecule has 0 fully saturated rings. The largest absolute Gasteiger partial charge is 0.417 e. The summed E-state index contributed by atoms with van der Waals surface area (Å²) in [4.78, 5) is 22.4. The summed E-state index contributed by atoms with van der Waals surface area (Å²) in [5, 5.41) is 4.71. The Morgan fingerprint density at radius 1 is 1.05 bits per heavy atom. The lowest BCUT2D eigenvalue weighted by Crippen LogP contribution is -2.18. The summed E-state index contributed by atoms with van der Waals surface area (Å²) in [7, 11) is 0. The van der Waals surface area contributed by atoms with Gasteiger partial charge in [0.15, 0.2) is 0 Å². The van der Waals surface area contributed by atoms with Gasteiger partial charge in [-0.2, -0.15) is 13.2 Å². The molecule has 0 saturated carbocycles. The Morgan fingerprint density at radius 2 is 1.68 bits per heavy atom. The van der Waals surface area contributed by atoms with E-state index < -0.39 is 29.0 Å². The first-order valence-electron chi connectivity index (χ1n) is 5.93. The van der Waals surface area contributed by atoms with E-state index in [1.54, 1.807) is 0 Å². The van der Waals surface area contributed by atoms with Crippen molar-refractivity contribution in [2.24, 2.45) is 5.18 Å². The molecule has 0 spiro atoms. The molecule has 0 aliphatic rings. The van der Waals surface area contributed by atoms with E-state index in [0.29, 0.717) is 6.07 Å². The maximum absolute atomic E-state index is 12.9. The predicted octanol–water partition coefficient (Wildman–Crippen LogP) is 4.49. The van der Waals surface area contributed by atoms with Gasteiger partial charge >= 0.3 is 6.18 Å². The van der Waals surface area contributed by atoms with Crippen molar-refractivity contribution in [3.8, 4) is 0 Å². The number of nitrogens with one attached hydrogen (secondary N) is 1. The second kappa shape index (κ2) is 5.92. The van der Waals surface area contributed by atoms with Crippen LogP contribution in [0.5, 0.6) is 0 Å².